The molecule has 23 heteroatoms. The van der Waals surface area contributed by atoms with E-state index >= 15 is 0 Å². The highest BCUT2D eigenvalue weighted by Crippen LogP contribution is 2.38. The molecule has 0 fully saturated rings. The Hall–Kier alpha value is -8.16. The number of Topliss-reactive ketones (excluding diaryl/α,β-unsaturated/α-hetero) is 1. The van der Waals surface area contributed by atoms with Gasteiger partial charge in [-0.1, -0.05) is 30.3 Å². The lowest BCUT2D eigenvalue weighted by atomic mass is 9.95. The van der Waals surface area contributed by atoms with Crippen LogP contribution in [-0.4, -0.2) is 56.9 Å². The fraction of sp³-hybridized carbons (Fsp3) is 0.182. The Balaban J connectivity index is 0.929. The summed E-state index contributed by atoms with van der Waals surface area (Å²) in [4.78, 5) is 12.0. The Morgan fingerprint density at radius 2 is 0.859 bits per heavy atom. The van der Waals surface area contributed by atoms with Gasteiger partial charge in [-0.2, -0.15) is 66.2 Å². The molecule has 0 bridgehead atoms. The smallest absolute Gasteiger partial charge is 0.295 e. The number of benzene rings is 8. The van der Waals surface area contributed by atoms with Gasteiger partial charge in [0.2, 0.25) is 0 Å². The van der Waals surface area contributed by atoms with Gasteiger partial charge in [0.1, 0.15) is 21.3 Å². The number of carbonyl (C=O) groups is 1. The Morgan fingerprint density at radius 3 is 1.33 bits per heavy atom. The molecule has 8 rings (SSSR count). The normalized spacial score (nSPS) is 12.6. The lowest BCUT2D eigenvalue weighted by Crippen LogP contribution is -2.10. The average molecular weight is 1110 g/mol. The molecule has 8 aromatic rings. The second kappa shape index (κ2) is 22.4. The molecular weight excluding hydrogens is 1060 g/mol. The Kier molecular flexibility index (Phi) is 16.1. The number of rotatable bonds is 17. The lowest BCUT2D eigenvalue weighted by molar-refractivity contribution is -0.117. The van der Waals surface area contributed by atoms with Crippen LogP contribution >= 0.6 is 0 Å². The molecule has 8 aromatic carbocycles. The third-order valence-electron chi connectivity index (χ3n) is 12.7. The second-order valence-electron chi connectivity index (χ2n) is 18.5. The summed E-state index contributed by atoms with van der Waals surface area (Å²) in [6.07, 6.45) is 0.0569. The molecule has 0 heterocycles. The number of aliphatic hydroxyl groups is 1. The lowest BCUT2D eigenvalue weighted by Gasteiger charge is -2.13. The zero-order valence-electron chi connectivity index (χ0n) is 42.9. The maximum absolute atomic E-state index is 13.7. The topological polar surface area (TPSA) is 309 Å². The van der Waals surface area contributed by atoms with Crippen LogP contribution in [0.15, 0.2) is 171 Å². The molecule has 0 aliphatic carbocycles. The van der Waals surface area contributed by atoms with Gasteiger partial charge in [0.15, 0.2) is 0 Å². The maximum atomic E-state index is 13.7. The number of hydrogen-bond donors (Lipinski definition) is 4. The molecule has 0 amide bonds. The summed E-state index contributed by atoms with van der Waals surface area (Å²) in [6.45, 7) is 10.6. The number of nitrogens with zero attached hydrogens (tertiary/aromatic N) is 8. The van der Waals surface area contributed by atoms with E-state index in [1.807, 2.05) is 45.9 Å². The van der Waals surface area contributed by atoms with Crippen molar-refractivity contribution < 1.29 is 53.5 Å². The molecule has 0 unspecified atom stereocenters. The van der Waals surface area contributed by atoms with Crippen molar-refractivity contribution >= 4 is 103 Å². The number of hydrogen-bond acceptors (Lipinski definition) is 17. The van der Waals surface area contributed by atoms with Crippen molar-refractivity contribution in [1.29, 1.82) is 0 Å². The van der Waals surface area contributed by atoms with E-state index in [-0.39, 0.29) is 46.6 Å². The van der Waals surface area contributed by atoms with Gasteiger partial charge in [0.05, 0.1) is 64.1 Å². The van der Waals surface area contributed by atoms with Crippen molar-refractivity contribution in [2.75, 3.05) is 7.11 Å². The molecule has 20 nitrogen and oxygen atoms in total. The first kappa shape index (κ1) is 56.1. The van der Waals surface area contributed by atoms with Crippen LogP contribution in [0.5, 0.6) is 5.75 Å². The van der Waals surface area contributed by atoms with E-state index in [1.54, 1.807) is 74.5 Å². The second-order valence-corrected chi connectivity index (χ2v) is 22.7. The molecule has 78 heavy (non-hydrogen) atoms. The van der Waals surface area contributed by atoms with Crippen molar-refractivity contribution in [1.82, 2.24) is 0 Å². The number of aliphatic hydroxyl groups excluding tert-OH is 1. The van der Waals surface area contributed by atoms with Gasteiger partial charge in [0, 0.05) is 35.2 Å². The number of azo groups is 4. The predicted octanol–water partition coefficient (Wildman–Crippen LogP) is 14.1. The first-order valence-electron chi connectivity index (χ1n) is 23.6. The van der Waals surface area contributed by atoms with Gasteiger partial charge in [0.25, 0.3) is 30.4 Å². The van der Waals surface area contributed by atoms with Gasteiger partial charge < -0.3 is 9.84 Å². The highest BCUT2D eigenvalue weighted by Gasteiger charge is 2.22. The number of aryl methyl sites for hydroxylation is 6. The van der Waals surface area contributed by atoms with Crippen molar-refractivity contribution in [2.24, 2.45) is 40.9 Å². The predicted molar refractivity (Wildman–Crippen MR) is 293 cm³/mol. The number of fused-ring (bicyclic) bond motifs is 2. The summed E-state index contributed by atoms with van der Waals surface area (Å²) in [5.74, 6) is 0.321. The van der Waals surface area contributed by atoms with E-state index in [0.717, 1.165) is 22.8 Å². The van der Waals surface area contributed by atoms with Gasteiger partial charge >= 0.3 is 0 Å². The van der Waals surface area contributed by atoms with Crippen LogP contribution < -0.4 is 4.74 Å². The largest absolute Gasteiger partial charge is 0.496 e. The minimum atomic E-state index is -4.90. The quantitative estimate of drug-likeness (QED) is 0.0489. The minimum Gasteiger partial charge on any atom is -0.496 e. The molecule has 0 radical (unpaired) electrons. The summed E-state index contributed by atoms with van der Waals surface area (Å²) in [5, 5.41) is 46.8. The zero-order chi connectivity index (χ0) is 56.4. The van der Waals surface area contributed by atoms with E-state index in [0.29, 0.717) is 95.8 Å². The number of ketones is 1. The van der Waals surface area contributed by atoms with Crippen LogP contribution in [0.25, 0.3) is 21.5 Å². The van der Waals surface area contributed by atoms with Crippen molar-refractivity contribution in [3.63, 3.8) is 0 Å². The highest BCUT2D eigenvalue weighted by atomic mass is 32.2. The Labute approximate surface area is 449 Å². The van der Waals surface area contributed by atoms with Crippen LogP contribution in [-0.2, 0) is 54.6 Å². The van der Waals surface area contributed by atoms with Gasteiger partial charge in [-0.15, -0.1) is 0 Å². The number of carbonyl (C=O) groups excluding carboxylic acids is 1. The average Bonchev–Trinajstić information content (AvgIpc) is 3.42. The molecule has 400 valence electrons. The first-order valence-corrected chi connectivity index (χ1v) is 28.0. The SMILES string of the molecule is COc1cc(N=Nc2cc(C)c(N=Nc3ccc4cccc(S(=O)(=O)O)c4c3)cc2C)c(C)cc1CC(=O)Cc1cc(C)c(N=Nc2cc(C)c(N=Nc3ccc4cc(S(=O)(=O)O)cc(S(=O)(=O)O)c4c3)cc2C)cc1CO. The standard InChI is InChI=1S/C55H50N8O12S3/c1-30-15-38(40(29-64)24-51(30)62-60-49-19-32(3)48(17-34(49)5)59-57-42-14-12-37-23-44(76(66,67)68)27-55(46(37)26-42)78(72,73)74)21-43(65)22-39-16-31(2)52(28-53(39)75-7)63-61-50-20-33(4)47(18-35(50)6)58-56-41-13-11-36-9-8-10-54(45(36)25-41)77(69,70)71/h8-20,23-28,64H,21-22,29H2,1-7H3,(H,66,67,68)(H,69,70,71)(H,72,73,74). The molecule has 0 aliphatic rings. The third kappa shape index (κ3) is 12.8. The molecule has 0 saturated carbocycles. The summed E-state index contributed by atoms with van der Waals surface area (Å²) in [7, 11) is -12.6. The molecular formula is C55H50N8O12S3. The molecule has 0 saturated heterocycles. The molecule has 0 atom stereocenters. The summed E-state index contributed by atoms with van der Waals surface area (Å²) in [6, 6.07) is 29.6. The summed E-state index contributed by atoms with van der Waals surface area (Å²) < 4.78 is 106. The Morgan fingerprint density at radius 1 is 0.436 bits per heavy atom. The molecule has 0 aromatic heterocycles. The molecule has 0 aliphatic heterocycles. The highest BCUT2D eigenvalue weighted by molar-refractivity contribution is 7.87. The summed E-state index contributed by atoms with van der Waals surface area (Å²) >= 11 is 0. The maximum Gasteiger partial charge on any atom is 0.295 e. The van der Waals surface area contributed by atoms with Gasteiger partial charge in [-0.25, -0.2) is 0 Å². The van der Waals surface area contributed by atoms with Crippen LogP contribution in [0.1, 0.15) is 50.1 Å². The van der Waals surface area contributed by atoms with Gasteiger partial charge in [-0.05, 0) is 176 Å². The molecule has 4 N–H and O–H groups in total. The van der Waals surface area contributed by atoms with Crippen molar-refractivity contribution in [3.05, 3.63) is 165 Å². The van der Waals surface area contributed by atoms with E-state index in [9.17, 15) is 48.8 Å². The third-order valence-corrected chi connectivity index (χ3v) is 15.4. The van der Waals surface area contributed by atoms with Crippen LogP contribution in [0.2, 0.25) is 0 Å². The van der Waals surface area contributed by atoms with Gasteiger partial charge in [-0.3, -0.25) is 18.5 Å². The fourth-order valence-corrected chi connectivity index (χ4v) is 10.6. The van der Waals surface area contributed by atoms with Crippen LogP contribution in [0.3, 0.4) is 0 Å². The number of methoxy groups -OCH3 is 1. The van der Waals surface area contributed by atoms with Crippen LogP contribution in [0.4, 0.5) is 45.5 Å². The fourth-order valence-electron chi connectivity index (χ4n) is 8.55. The van der Waals surface area contributed by atoms with Crippen molar-refractivity contribution in [3.8, 4) is 5.75 Å². The minimum absolute atomic E-state index is 0.0213. The van der Waals surface area contributed by atoms with Crippen LogP contribution in [0, 0.1) is 41.5 Å². The van der Waals surface area contributed by atoms with E-state index in [4.69, 9.17) is 4.74 Å². The van der Waals surface area contributed by atoms with Crippen molar-refractivity contribution in [2.45, 2.75) is 75.7 Å². The van der Waals surface area contributed by atoms with E-state index in [2.05, 4.69) is 40.9 Å². The van der Waals surface area contributed by atoms with E-state index in [1.165, 1.54) is 31.4 Å². The zero-order valence-corrected chi connectivity index (χ0v) is 45.4. The Bertz CT molecular complexity index is 4260. The molecule has 0 spiro atoms. The summed E-state index contributed by atoms with van der Waals surface area (Å²) in [5.41, 5.74) is 9.86. The first-order chi connectivity index (χ1) is 36.8. The van der Waals surface area contributed by atoms with E-state index < -0.39 is 40.1 Å². The monoisotopic (exact) mass is 1110 g/mol. The number of ether oxygens (including phenoxy) is 1.